The van der Waals surface area contributed by atoms with Gasteiger partial charge in [-0.1, -0.05) is 0 Å². The van der Waals surface area contributed by atoms with Crippen molar-refractivity contribution < 1.29 is 18.8 Å². The Bertz CT molecular complexity index is 561. The van der Waals surface area contributed by atoms with Gasteiger partial charge in [0.15, 0.2) is 0 Å². The number of amides is 3. The first-order valence-electron chi connectivity index (χ1n) is 5.07. The molecule has 0 aliphatic carbocycles. The molecule has 1 aromatic heterocycles. The molecule has 1 fully saturated rings. The summed E-state index contributed by atoms with van der Waals surface area (Å²) < 4.78 is 5.28. The lowest BCUT2D eigenvalue weighted by molar-refractivity contribution is -0.127. The number of rotatable bonds is 3. The molecule has 0 bridgehead atoms. The Balaban J connectivity index is 2.22. The van der Waals surface area contributed by atoms with E-state index in [0.717, 1.165) is 16.7 Å². The third kappa shape index (κ3) is 2.45. The quantitative estimate of drug-likeness (QED) is 0.827. The molecule has 7 heteroatoms. The highest BCUT2D eigenvalue weighted by Gasteiger charge is 2.36. The minimum absolute atomic E-state index is 0.218. The molecule has 1 aliphatic rings. The molecular weight excluding hydrogens is 256 g/mol. The Morgan fingerprint density at radius 1 is 1.50 bits per heavy atom. The monoisotopic (exact) mass is 266 g/mol. The summed E-state index contributed by atoms with van der Waals surface area (Å²) in [6.07, 6.45) is 1.47. The second-order valence-corrected chi connectivity index (χ2v) is 4.68. The first-order chi connectivity index (χ1) is 8.47. The molecule has 94 valence electrons. The first-order valence-corrected chi connectivity index (χ1v) is 5.89. The van der Waals surface area contributed by atoms with Gasteiger partial charge < -0.3 is 10.2 Å². The summed E-state index contributed by atoms with van der Waals surface area (Å²) >= 11 is 0.759. The normalized spacial score (nSPS) is 17.8. The summed E-state index contributed by atoms with van der Waals surface area (Å²) in [6, 6.07) is 3.44. The van der Waals surface area contributed by atoms with Crippen LogP contribution < -0.4 is 5.73 Å². The highest BCUT2D eigenvalue weighted by atomic mass is 32.2. The highest BCUT2D eigenvalue weighted by Crippen LogP contribution is 2.32. The fourth-order valence-corrected chi connectivity index (χ4v) is 2.27. The fourth-order valence-electron chi connectivity index (χ4n) is 1.45. The minimum Gasteiger partial charge on any atom is -0.462 e. The number of thioether (sulfide) groups is 1. The van der Waals surface area contributed by atoms with Crippen LogP contribution in [0.2, 0.25) is 0 Å². The third-order valence-corrected chi connectivity index (χ3v) is 3.13. The van der Waals surface area contributed by atoms with E-state index in [1.54, 1.807) is 19.1 Å². The molecule has 2 heterocycles. The van der Waals surface area contributed by atoms with Crippen molar-refractivity contribution in [2.24, 2.45) is 5.73 Å². The zero-order chi connectivity index (χ0) is 13.3. The summed E-state index contributed by atoms with van der Waals surface area (Å²) in [5.41, 5.74) is 4.97. The standard InChI is InChI=1S/C11H10N2O4S/c1-6-2-3-7(17-6)4-8-10(15)13(5-9(12)14)11(16)18-8/h2-4H,5H2,1H3,(H2,12,14)/b8-4-. The van der Waals surface area contributed by atoms with Gasteiger partial charge in [0.1, 0.15) is 18.1 Å². The third-order valence-electron chi connectivity index (χ3n) is 2.22. The van der Waals surface area contributed by atoms with Crippen LogP contribution in [-0.4, -0.2) is 28.5 Å². The van der Waals surface area contributed by atoms with E-state index >= 15 is 0 Å². The second-order valence-electron chi connectivity index (χ2n) is 3.68. The Labute approximate surface area is 107 Å². The van der Waals surface area contributed by atoms with E-state index in [0.29, 0.717) is 11.5 Å². The zero-order valence-corrected chi connectivity index (χ0v) is 10.3. The number of aryl methyl sites for hydroxylation is 1. The number of carbonyl (C=O) groups excluding carboxylic acids is 3. The van der Waals surface area contributed by atoms with Gasteiger partial charge in [0.05, 0.1) is 4.91 Å². The van der Waals surface area contributed by atoms with Crippen molar-refractivity contribution in [1.29, 1.82) is 0 Å². The SMILES string of the molecule is Cc1ccc(/C=C2\SC(=O)N(CC(N)=O)C2=O)o1. The number of hydrogen-bond acceptors (Lipinski definition) is 5. The lowest BCUT2D eigenvalue weighted by Crippen LogP contribution is -2.36. The summed E-state index contributed by atoms with van der Waals surface area (Å²) in [4.78, 5) is 35.1. The summed E-state index contributed by atoms with van der Waals surface area (Å²) in [5.74, 6) is -0.0695. The zero-order valence-electron chi connectivity index (χ0n) is 9.50. The van der Waals surface area contributed by atoms with E-state index < -0.39 is 23.6 Å². The molecule has 0 spiro atoms. The lowest BCUT2D eigenvalue weighted by Gasteiger charge is -2.08. The molecule has 1 aromatic rings. The van der Waals surface area contributed by atoms with Crippen LogP contribution in [0.25, 0.3) is 6.08 Å². The molecule has 2 N–H and O–H groups in total. The molecule has 3 amide bonds. The lowest BCUT2D eigenvalue weighted by atomic mass is 10.3. The molecule has 0 saturated carbocycles. The predicted octanol–water partition coefficient (Wildman–Crippen LogP) is 1.11. The van der Waals surface area contributed by atoms with Gasteiger partial charge in [0.2, 0.25) is 5.91 Å². The Kier molecular flexibility index (Phi) is 3.24. The van der Waals surface area contributed by atoms with Crippen molar-refractivity contribution in [2.75, 3.05) is 6.54 Å². The molecule has 2 rings (SSSR count). The van der Waals surface area contributed by atoms with Crippen molar-refractivity contribution in [2.45, 2.75) is 6.92 Å². The van der Waals surface area contributed by atoms with Crippen molar-refractivity contribution in [1.82, 2.24) is 4.90 Å². The largest absolute Gasteiger partial charge is 0.462 e. The minimum atomic E-state index is -0.729. The molecular formula is C11H10N2O4S. The van der Waals surface area contributed by atoms with Gasteiger partial charge in [-0.25, -0.2) is 0 Å². The van der Waals surface area contributed by atoms with Gasteiger partial charge in [-0.2, -0.15) is 0 Å². The van der Waals surface area contributed by atoms with Crippen LogP contribution in [0.4, 0.5) is 4.79 Å². The number of carbonyl (C=O) groups is 3. The van der Waals surface area contributed by atoms with E-state index in [1.165, 1.54) is 6.08 Å². The van der Waals surface area contributed by atoms with Crippen LogP contribution in [0, 0.1) is 6.92 Å². The van der Waals surface area contributed by atoms with E-state index in [2.05, 4.69) is 0 Å². The summed E-state index contributed by atoms with van der Waals surface area (Å²) in [5, 5.41) is -0.506. The Morgan fingerprint density at radius 2 is 2.22 bits per heavy atom. The summed E-state index contributed by atoms with van der Waals surface area (Å²) in [7, 11) is 0. The topological polar surface area (TPSA) is 93.6 Å². The van der Waals surface area contributed by atoms with Crippen molar-refractivity contribution in [3.8, 4) is 0 Å². The van der Waals surface area contributed by atoms with Crippen molar-refractivity contribution in [3.05, 3.63) is 28.6 Å². The maximum Gasteiger partial charge on any atom is 0.294 e. The smallest absolute Gasteiger partial charge is 0.294 e. The van der Waals surface area contributed by atoms with E-state index in [4.69, 9.17) is 10.2 Å². The molecule has 0 aromatic carbocycles. The first kappa shape index (κ1) is 12.4. The van der Waals surface area contributed by atoms with Crippen LogP contribution in [-0.2, 0) is 9.59 Å². The van der Waals surface area contributed by atoms with Gasteiger partial charge >= 0.3 is 0 Å². The van der Waals surface area contributed by atoms with Gasteiger partial charge in [0, 0.05) is 6.08 Å². The average molecular weight is 266 g/mol. The van der Waals surface area contributed by atoms with Crippen LogP contribution in [0.1, 0.15) is 11.5 Å². The number of imide groups is 1. The maximum absolute atomic E-state index is 11.8. The molecule has 0 atom stereocenters. The van der Waals surface area contributed by atoms with Crippen LogP contribution in [0.15, 0.2) is 21.5 Å². The highest BCUT2D eigenvalue weighted by molar-refractivity contribution is 8.18. The van der Waals surface area contributed by atoms with E-state index in [1.807, 2.05) is 0 Å². The van der Waals surface area contributed by atoms with Gasteiger partial charge in [-0.3, -0.25) is 19.3 Å². The molecule has 0 unspecified atom stereocenters. The number of hydrogen-bond donors (Lipinski definition) is 1. The predicted molar refractivity (Wildman–Crippen MR) is 65.3 cm³/mol. The maximum atomic E-state index is 11.8. The fraction of sp³-hybridized carbons (Fsp3) is 0.182. The second kappa shape index (κ2) is 4.69. The van der Waals surface area contributed by atoms with Crippen LogP contribution in [0.3, 0.4) is 0 Å². The van der Waals surface area contributed by atoms with Gasteiger partial charge in [-0.05, 0) is 30.8 Å². The van der Waals surface area contributed by atoms with Crippen molar-refractivity contribution >= 4 is 34.9 Å². The summed E-state index contributed by atoms with van der Waals surface area (Å²) in [6.45, 7) is 1.37. The number of nitrogens with two attached hydrogens (primary N) is 1. The van der Waals surface area contributed by atoms with Crippen LogP contribution in [0.5, 0.6) is 0 Å². The number of furan rings is 1. The molecule has 1 saturated heterocycles. The van der Waals surface area contributed by atoms with Gasteiger partial charge in [0.25, 0.3) is 11.1 Å². The average Bonchev–Trinajstić information content (AvgIpc) is 2.78. The molecule has 0 radical (unpaired) electrons. The molecule has 1 aliphatic heterocycles. The van der Waals surface area contributed by atoms with E-state index in [9.17, 15) is 14.4 Å². The Hall–Kier alpha value is -2.02. The van der Waals surface area contributed by atoms with E-state index in [-0.39, 0.29) is 4.91 Å². The molecule has 18 heavy (non-hydrogen) atoms. The number of nitrogens with zero attached hydrogens (tertiary/aromatic N) is 1. The van der Waals surface area contributed by atoms with Crippen LogP contribution >= 0.6 is 11.8 Å². The van der Waals surface area contributed by atoms with Crippen molar-refractivity contribution in [3.63, 3.8) is 0 Å². The number of primary amides is 1. The Morgan fingerprint density at radius 3 is 2.78 bits per heavy atom. The molecule has 6 nitrogen and oxygen atoms in total. The van der Waals surface area contributed by atoms with Gasteiger partial charge in [-0.15, -0.1) is 0 Å².